The Morgan fingerprint density at radius 3 is 2.26 bits per heavy atom. The van der Waals surface area contributed by atoms with Crippen molar-refractivity contribution < 1.29 is 17.6 Å². The lowest BCUT2D eigenvalue weighted by atomic mass is 10.0. The molecule has 2 aromatic heterocycles. The van der Waals surface area contributed by atoms with Crippen LogP contribution < -0.4 is 4.90 Å². The Labute approximate surface area is 202 Å². The van der Waals surface area contributed by atoms with Crippen molar-refractivity contribution in [3.05, 3.63) is 84.4 Å². The van der Waals surface area contributed by atoms with E-state index in [1.54, 1.807) is 41.6 Å². The van der Waals surface area contributed by atoms with Gasteiger partial charge in [-0.25, -0.2) is 17.8 Å². The molecule has 5 rings (SSSR count). The molecule has 178 valence electrons. The average Bonchev–Trinajstić information content (AvgIpc) is 2.88. The van der Waals surface area contributed by atoms with Crippen molar-refractivity contribution in [1.29, 1.82) is 0 Å². The number of pyridine rings is 2. The van der Waals surface area contributed by atoms with E-state index >= 15 is 0 Å². The summed E-state index contributed by atoms with van der Waals surface area (Å²) in [6.45, 7) is 2.17. The normalized spacial score (nSPS) is 14.3. The van der Waals surface area contributed by atoms with E-state index in [4.69, 9.17) is 4.98 Å². The van der Waals surface area contributed by atoms with E-state index < -0.39 is 9.84 Å². The second-order valence-corrected chi connectivity index (χ2v) is 10.5. The largest absolute Gasteiger partial charge is 0.351 e. The lowest BCUT2D eigenvalue weighted by Gasteiger charge is -2.35. The molecule has 1 saturated heterocycles. The van der Waals surface area contributed by atoms with Gasteiger partial charge in [0.15, 0.2) is 15.7 Å². The van der Waals surface area contributed by atoms with Crippen LogP contribution in [0.5, 0.6) is 0 Å². The molecule has 0 spiro atoms. The van der Waals surface area contributed by atoms with Crippen LogP contribution in [-0.4, -0.2) is 61.6 Å². The fourth-order valence-electron chi connectivity index (χ4n) is 4.30. The fraction of sp³-hybridized carbons (Fsp3) is 0.192. The Kier molecular flexibility index (Phi) is 5.94. The van der Waals surface area contributed by atoms with Crippen LogP contribution in [0.15, 0.2) is 78.0 Å². The molecule has 0 bridgehead atoms. The number of carbonyl (C=O) groups is 1. The van der Waals surface area contributed by atoms with Gasteiger partial charge in [0.25, 0.3) is 5.91 Å². The van der Waals surface area contributed by atoms with Crippen LogP contribution >= 0.6 is 0 Å². The first-order valence-electron chi connectivity index (χ1n) is 11.2. The van der Waals surface area contributed by atoms with Crippen LogP contribution in [-0.2, 0) is 9.84 Å². The number of amides is 1. The Balaban J connectivity index is 1.35. The number of hydrogen-bond acceptors (Lipinski definition) is 6. The van der Waals surface area contributed by atoms with Crippen LogP contribution in [0.25, 0.3) is 22.0 Å². The van der Waals surface area contributed by atoms with Crippen molar-refractivity contribution in [2.45, 2.75) is 4.90 Å². The van der Waals surface area contributed by atoms with Gasteiger partial charge in [0.05, 0.1) is 4.90 Å². The summed E-state index contributed by atoms with van der Waals surface area (Å²) in [5.74, 6) is 0.322. The summed E-state index contributed by atoms with van der Waals surface area (Å²) in [7, 11) is -3.31. The van der Waals surface area contributed by atoms with Gasteiger partial charge in [-0.15, -0.1) is 0 Å². The minimum atomic E-state index is -3.31. The standard InChI is InChI=1S/C26H23FN4O3S/c1-35(33,34)21-10-6-19(7-11-21)26(32)31-15-13-30(14-16-31)25-24-22(3-2-12-28-24)23(17-29-25)18-4-8-20(27)9-5-18/h2-12,17H,13-16H2,1H3. The van der Waals surface area contributed by atoms with Crippen LogP contribution in [0.2, 0.25) is 0 Å². The lowest BCUT2D eigenvalue weighted by Crippen LogP contribution is -2.49. The van der Waals surface area contributed by atoms with Gasteiger partial charge in [0.2, 0.25) is 0 Å². The number of fused-ring (bicyclic) bond motifs is 1. The van der Waals surface area contributed by atoms with Gasteiger partial charge in [0.1, 0.15) is 11.3 Å². The minimum Gasteiger partial charge on any atom is -0.351 e. The molecule has 1 aliphatic rings. The second kappa shape index (κ2) is 9.07. The Morgan fingerprint density at radius 1 is 0.914 bits per heavy atom. The summed E-state index contributed by atoms with van der Waals surface area (Å²) in [6, 6.07) is 16.2. The maximum Gasteiger partial charge on any atom is 0.253 e. The zero-order valence-corrected chi connectivity index (χ0v) is 19.9. The van der Waals surface area contributed by atoms with Crippen molar-refractivity contribution in [1.82, 2.24) is 14.9 Å². The van der Waals surface area contributed by atoms with Gasteiger partial charge < -0.3 is 9.80 Å². The highest BCUT2D eigenvalue weighted by atomic mass is 32.2. The molecule has 35 heavy (non-hydrogen) atoms. The molecule has 1 fully saturated rings. The predicted octanol–water partition coefficient (Wildman–Crippen LogP) is 3.80. The molecule has 0 saturated carbocycles. The van der Waals surface area contributed by atoms with Crippen LogP contribution in [0.3, 0.4) is 0 Å². The van der Waals surface area contributed by atoms with Crippen molar-refractivity contribution >= 4 is 32.5 Å². The monoisotopic (exact) mass is 490 g/mol. The van der Waals surface area contributed by atoms with E-state index in [0.717, 1.165) is 34.1 Å². The number of halogens is 1. The average molecular weight is 491 g/mol. The van der Waals surface area contributed by atoms with Gasteiger partial charge in [0, 0.05) is 61.3 Å². The van der Waals surface area contributed by atoms with E-state index in [-0.39, 0.29) is 16.6 Å². The Bertz CT molecular complexity index is 1500. The number of anilines is 1. The molecule has 4 aromatic rings. The number of sulfone groups is 1. The predicted molar refractivity (Wildman–Crippen MR) is 133 cm³/mol. The molecule has 1 amide bonds. The summed E-state index contributed by atoms with van der Waals surface area (Å²) in [4.78, 5) is 26.3. The number of aromatic nitrogens is 2. The zero-order chi connectivity index (χ0) is 24.6. The summed E-state index contributed by atoms with van der Waals surface area (Å²) in [5, 5.41) is 0.925. The Morgan fingerprint density at radius 2 is 1.60 bits per heavy atom. The molecule has 0 radical (unpaired) electrons. The van der Waals surface area contributed by atoms with Crippen molar-refractivity contribution in [2.75, 3.05) is 37.3 Å². The number of piperazine rings is 1. The molecule has 2 aromatic carbocycles. The first-order valence-corrected chi connectivity index (χ1v) is 13.0. The van der Waals surface area contributed by atoms with E-state index in [0.29, 0.717) is 31.7 Å². The topological polar surface area (TPSA) is 83.5 Å². The third-order valence-electron chi connectivity index (χ3n) is 6.18. The summed E-state index contributed by atoms with van der Waals surface area (Å²) >= 11 is 0. The zero-order valence-electron chi connectivity index (χ0n) is 19.1. The second-order valence-electron chi connectivity index (χ2n) is 8.48. The fourth-order valence-corrected chi connectivity index (χ4v) is 4.93. The van der Waals surface area contributed by atoms with Crippen molar-refractivity contribution in [2.24, 2.45) is 0 Å². The smallest absolute Gasteiger partial charge is 0.253 e. The number of nitrogens with zero attached hydrogens (tertiary/aromatic N) is 4. The Hall–Kier alpha value is -3.85. The molecule has 9 heteroatoms. The summed E-state index contributed by atoms with van der Waals surface area (Å²) in [6.07, 6.45) is 4.65. The molecule has 0 atom stereocenters. The molecule has 0 unspecified atom stereocenters. The first kappa shape index (κ1) is 22.9. The van der Waals surface area contributed by atoms with Crippen LogP contribution in [0, 0.1) is 5.82 Å². The molecule has 0 aliphatic carbocycles. The van der Waals surface area contributed by atoms with E-state index in [2.05, 4.69) is 9.88 Å². The molecular weight excluding hydrogens is 467 g/mol. The highest BCUT2D eigenvalue weighted by molar-refractivity contribution is 7.90. The number of hydrogen-bond donors (Lipinski definition) is 0. The van der Waals surface area contributed by atoms with Gasteiger partial charge >= 0.3 is 0 Å². The quantitative estimate of drug-likeness (QED) is 0.433. The molecule has 3 heterocycles. The maximum absolute atomic E-state index is 13.4. The first-order chi connectivity index (χ1) is 16.8. The van der Waals surface area contributed by atoms with Crippen molar-refractivity contribution in [3.8, 4) is 11.1 Å². The third kappa shape index (κ3) is 4.59. The van der Waals surface area contributed by atoms with Gasteiger partial charge in [-0.2, -0.15) is 0 Å². The number of rotatable bonds is 4. The molecule has 7 nitrogen and oxygen atoms in total. The number of carbonyl (C=O) groups excluding carboxylic acids is 1. The van der Waals surface area contributed by atoms with Crippen molar-refractivity contribution in [3.63, 3.8) is 0 Å². The van der Waals surface area contributed by atoms with Gasteiger partial charge in [-0.1, -0.05) is 18.2 Å². The maximum atomic E-state index is 13.4. The van der Waals surface area contributed by atoms with Gasteiger partial charge in [-0.3, -0.25) is 9.78 Å². The molecular formula is C26H23FN4O3S. The number of benzene rings is 2. The van der Waals surface area contributed by atoms with Gasteiger partial charge in [-0.05, 0) is 48.0 Å². The third-order valence-corrected chi connectivity index (χ3v) is 7.31. The highest BCUT2D eigenvalue weighted by Crippen LogP contribution is 2.32. The molecule has 1 aliphatic heterocycles. The highest BCUT2D eigenvalue weighted by Gasteiger charge is 2.25. The molecule has 0 N–H and O–H groups in total. The van der Waals surface area contributed by atoms with E-state index in [1.807, 2.05) is 12.1 Å². The lowest BCUT2D eigenvalue weighted by molar-refractivity contribution is 0.0746. The summed E-state index contributed by atoms with van der Waals surface area (Å²) < 4.78 is 36.7. The minimum absolute atomic E-state index is 0.132. The van der Waals surface area contributed by atoms with E-state index in [1.165, 1.54) is 24.3 Å². The van der Waals surface area contributed by atoms with Crippen LogP contribution in [0.1, 0.15) is 10.4 Å². The van der Waals surface area contributed by atoms with Crippen LogP contribution in [0.4, 0.5) is 10.2 Å². The van der Waals surface area contributed by atoms with E-state index in [9.17, 15) is 17.6 Å². The summed E-state index contributed by atoms with van der Waals surface area (Å²) in [5.41, 5.74) is 2.95. The SMILES string of the molecule is CS(=O)(=O)c1ccc(C(=O)N2CCN(c3ncc(-c4ccc(F)cc4)c4cccnc34)CC2)cc1.